The van der Waals surface area contributed by atoms with Crippen molar-refractivity contribution in [3.05, 3.63) is 52.9 Å². The highest BCUT2D eigenvalue weighted by molar-refractivity contribution is 8.18. The van der Waals surface area contributed by atoms with Crippen LogP contribution >= 0.6 is 11.8 Å². The van der Waals surface area contributed by atoms with Gasteiger partial charge in [-0.3, -0.25) is 4.79 Å². The first kappa shape index (κ1) is 16.2. The second kappa shape index (κ2) is 6.57. The standard InChI is InChI=1S/C18H13N3O4S/c1-24-14-7-6-10(8-12(14)22)9-15-16(23)20-18(26-15)21-17-19-11-4-2-3-5-13(11)25-17/h2-9,22H,1H3,(H,19,20,21,23)/b15-9-. The number of rotatable bonds is 3. The minimum absolute atomic E-state index is 0.00520. The maximum Gasteiger partial charge on any atom is 0.325 e. The zero-order chi connectivity index (χ0) is 18.1. The van der Waals surface area contributed by atoms with Crippen LogP contribution in [-0.4, -0.2) is 28.3 Å². The second-order valence-corrected chi connectivity index (χ2v) is 6.41. The SMILES string of the molecule is COc1ccc(/C=C2\S/C(=N/c3nc4ccccc4o3)NC2=O)cc1O. The van der Waals surface area contributed by atoms with E-state index in [1.807, 2.05) is 18.2 Å². The van der Waals surface area contributed by atoms with Crippen LogP contribution in [0.3, 0.4) is 0 Å². The number of methoxy groups -OCH3 is 1. The van der Waals surface area contributed by atoms with Crippen molar-refractivity contribution in [2.24, 2.45) is 4.99 Å². The van der Waals surface area contributed by atoms with Crippen molar-refractivity contribution in [1.82, 2.24) is 10.3 Å². The van der Waals surface area contributed by atoms with Gasteiger partial charge in [0.05, 0.1) is 12.0 Å². The van der Waals surface area contributed by atoms with Crippen LogP contribution in [0.2, 0.25) is 0 Å². The summed E-state index contributed by atoms with van der Waals surface area (Å²) in [5, 5.41) is 12.9. The number of aliphatic imine (C=N–C) groups is 1. The van der Waals surface area contributed by atoms with Gasteiger partial charge in [0.2, 0.25) is 0 Å². The number of nitrogens with zero attached hydrogens (tertiary/aromatic N) is 2. The van der Waals surface area contributed by atoms with Crippen LogP contribution in [0.15, 0.2) is 56.8 Å². The Morgan fingerprint density at radius 1 is 1.31 bits per heavy atom. The van der Waals surface area contributed by atoms with Crippen molar-refractivity contribution in [2.75, 3.05) is 7.11 Å². The molecule has 1 amide bonds. The quantitative estimate of drug-likeness (QED) is 0.689. The van der Waals surface area contributed by atoms with Crippen molar-refractivity contribution < 1.29 is 19.1 Å². The molecule has 0 saturated carbocycles. The molecule has 0 atom stereocenters. The number of aromatic nitrogens is 1. The molecule has 7 nitrogen and oxygen atoms in total. The second-order valence-electron chi connectivity index (χ2n) is 5.38. The van der Waals surface area contributed by atoms with Gasteiger partial charge in [-0.05, 0) is 47.7 Å². The lowest BCUT2D eigenvalue weighted by molar-refractivity contribution is -0.115. The molecule has 1 aliphatic rings. The van der Waals surface area contributed by atoms with Gasteiger partial charge in [0.25, 0.3) is 5.91 Å². The van der Waals surface area contributed by atoms with Crippen LogP contribution in [0.5, 0.6) is 11.5 Å². The number of phenols is 1. The zero-order valence-corrected chi connectivity index (χ0v) is 14.4. The molecule has 0 spiro atoms. The van der Waals surface area contributed by atoms with Gasteiger partial charge in [0.15, 0.2) is 22.2 Å². The predicted molar refractivity (Wildman–Crippen MR) is 99.5 cm³/mol. The van der Waals surface area contributed by atoms with E-state index in [2.05, 4.69) is 15.3 Å². The fourth-order valence-corrected chi connectivity index (χ4v) is 3.24. The topological polar surface area (TPSA) is 97.0 Å². The monoisotopic (exact) mass is 367 g/mol. The summed E-state index contributed by atoms with van der Waals surface area (Å²) in [7, 11) is 1.47. The number of aromatic hydroxyl groups is 1. The Labute approximate surface area is 152 Å². The van der Waals surface area contributed by atoms with Crippen LogP contribution in [-0.2, 0) is 4.79 Å². The number of amides is 1. The van der Waals surface area contributed by atoms with Gasteiger partial charge in [0.1, 0.15) is 5.52 Å². The molecule has 130 valence electrons. The minimum Gasteiger partial charge on any atom is -0.504 e. The normalized spacial score (nSPS) is 17.2. The van der Waals surface area contributed by atoms with Crippen LogP contribution in [0.1, 0.15) is 5.56 Å². The van der Waals surface area contributed by atoms with Crippen LogP contribution in [0.4, 0.5) is 6.01 Å². The fraction of sp³-hybridized carbons (Fsp3) is 0.0556. The number of ether oxygens (including phenoxy) is 1. The molecule has 2 heterocycles. The maximum absolute atomic E-state index is 12.1. The molecule has 0 radical (unpaired) electrons. The third-order valence-electron chi connectivity index (χ3n) is 3.63. The van der Waals surface area contributed by atoms with Crippen LogP contribution in [0, 0.1) is 0 Å². The number of hydrogen-bond donors (Lipinski definition) is 2. The number of benzene rings is 2. The molecule has 2 N–H and O–H groups in total. The number of carbonyl (C=O) groups is 1. The van der Waals surface area contributed by atoms with Crippen molar-refractivity contribution >= 4 is 46.0 Å². The average molecular weight is 367 g/mol. The Bertz CT molecular complexity index is 1040. The number of nitrogens with one attached hydrogen (secondary N) is 1. The number of phenolic OH excluding ortho intramolecular Hbond substituents is 1. The molecule has 3 aromatic rings. The Hall–Kier alpha value is -3.26. The zero-order valence-electron chi connectivity index (χ0n) is 13.6. The van der Waals surface area contributed by atoms with Crippen molar-refractivity contribution in [2.45, 2.75) is 0 Å². The first-order chi connectivity index (χ1) is 12.6. The molecule has 0 bridgehead atoms. The van der Waals surface area contributed by atoms with Gasteiger partial charge in [-0.1, -0.05) is 18.2 Å². The van der Waals surface area contributed by atoms with E-state index in [1.54, 1.807) is 24.3 Å². The molecule has 1 aliphatic heterocycles. The molecule has 4 rings (SSSR count). The Kier molecular flexibility index (Phi) is 4.10. The molecule has 26 heavy (non-hydrogen) atoms. The lowest BCUT2D eigenvalue weighted by Gasteiger charge is -2.03. The highest BCUT2D eigenvalue weighted by Gasteiger charge is 2.24. The van der Waals surface area contributed by atoms with Gasteiger partial charge in [0, 0.05) is 0 Å². The summed E-state index contributed by atoms with van der Waals surface area (Å²) in [6, 6.07) is 12.4. The summed E-state index contributed by atoms with van der Waals surface area (Å²) in [6.45, 7) is 0. The van der Waals surface area contributed by atoms with Crippen molar-refractivity contribution in [1.29, 1.82) is 0 Å². The Balaban J connectivity index is 1.59. The van der Waals surface area contributed by atoms with Gasteiger partial charge >= 0.3 is 6.01 Å². The molecular weight excluding hydrogens is 354 g/mol. The van der Waals surface area contributed by atoms with E-state index in [0.29, 0.717) is 32.5 Å². The smallest absolute Gasteiger partial charge is 0.325 e. The third-order valence-corrected chi connectivity index (χ3v) is 4.54. The summed E-state index contributed by atoms with van der Waals surface area (Å²) in [5.74, 6) is 0.0969. The fourth-order valence-electron chi connectivity index (χ4n) is 2.42. The van der Waals surface area contributed by atoms with Gasteiger partial charge < -0.3 is 19.6 Å². The van der Waals surface area contributed by atoms with E-state index in [9.17, 15) is 9.90 Å². The summed E-state index contributed by atoms with van der Waals surface area (Å²) in [6.07, 6.45) is 1.66. The molecule has 1 fully saturated rings. The number of amidine groups is 1. The molecule has 8 heteroatoms. The number of carbonyl (C=O) groups excluding carboxylic acids is 1. The van der Waals surface area contributed by atoms with Crippen LogP contribution in [0.25, 0.3) is 17.2 Å². The summed E-state index contributed by atoms with van der Waals surface area (Å²) >= 11 is 1.17. The first-order valence-electron chi connectivity index (χ1n) is 7.64. The summed E-state index contributed by atoms with van der Waals surface area (Å²) in [5.41, 5.74) is 2.00. The van der Waals surface area contributed by atoms with Crippen molar-refractivity contribution in [3.63, 3.8) is 0 Å². The minimum atomic E-state index is -0.278. The number of oxazole rings is 1. The highest BCUT2D eigenvalue weighted by Crippen LogP contribution is 2.31. The van der Waals surface area contributed by atoms with Crippen LogP contribution < -0.4 is 10.1 Å². The number of thioether (sulfide) groups is 1. The molecule has 1 aromatic heterocycles. The Morgan fingerprint density at radius 3 is 2.92 bits per heavy atom. The third kappa shape index (κ3) is 3.14. The highest BCUT2D eigenvalue weighted by atomic mass is 32.2. The lowest BCUT2D eigenvalue weighted by atomic mass is 10.2. The first-order valence-corrected chi connectivity index (χ1v) is 8.46. The van der Waals surface area contributed by atoms with E-state index in [1.165, 1.54) is 24.9 Å². The predicted octanol–water partition coefficient (Wildman–Crippen LogP) is 3.43. The number of fused-ring (bicyclic) bond motifs is 1. The van der Waals surface area contributed by atoms with Gasteiger partial charge in [-0.15, -0.1) is 0 Å². The summed E-state index contributed by atoms with van der Waals surface area (Å²) in [4.78, 5) is 21.1. The maximum atomic E-state index is 12.1. The number of para-hydroxylation sites is 2. The molecule has 2 aromatic carbocycles. The molecular formula is C18H13N3O4S. The van der Waals surface area contributed by atoms with Crippen molar-refractivity contribution in [3.8, 4) is 11.5 Å². The van der Waals surface area contributed by atoms with Gasteiger partial charge in [-0.2, -0.15) is 9.98 Å². The molecule has 1 saturated heterocycles. The number of hydrogen-bond acceptors (Lipinski definition) is 7. The van der Waals surface area contributed by atoms with E-state index in [-0.39, 0.29) is 17.7 Å². The van der Waals surface area contributed by atoms with E-state index < -0.39 is 0 Å². The molecule has 0 aliphatic carbocycles. The summed E-state index contributed by atoms with van der Waals surface area (Å²) < 4.78 is 10.5. The average Bonchev–Trinajstić information content (AvgIpc) is 3.18. The van der Waals surface area contributed by atoms with E-state index in [0.717, 1.165) is 0 Å². The lowest BCUT2D eigenvalue weighted by Crippen LogP contribution is -2.19. The largest absolute Gasteiger partial charge is 0.504 e. The molecule has 0 unspecified atom stereocenters. The van der Waals surface area contributed by atoms with E-state index >= 15 is 0 Å². The Morgan fingerprint density at radius 2 is 2.15 bits per heavy atom. The van der Waals surface area contributed by atoms with E-state index in [4.69, 9.17) is 9.15 Å². The van der Waals surface area contributed by atoms with Gasteiger partial charge in [-0.25, -0.2) is 0 Å².